The van der Waals surface area contributed by atoms with Crippen LogP contribution in [0.25, 0.3) is 17.1 Å². The van der Waals surface area contributed by atoms with Gasteiger partial charge in [0.05, 0.1) is 30.9 Å². The maximum atomic E-state index is 5.51. The molecule has 7 heteroatoms. The van der Waals surface area contributed by atoms with Gasteiger partial charge < -0.3 is 14.6 Å². The van der Waals surface area contributed by atoms with E-state index in [-0.39, 0.29) is 6.04 Å². The third kappa shape index (κ3) is 4.00. The zero-order chi connectivity index (χ0) is 21.1. The van der Waals surface area contributed by atoms with Gasteiger partial charge in [-0.3, -0.25) is 0 Å². The van der Waals surface area contributed by atoms with E-state index in [0.717, 1.165) is 22.8 Å². The lowest BCUT2D eigenvalue weighted by molar-refractivity contribution is 0.396. The van der Waals surface area contributed by atoms with E-state index in [2.05, 4.69) is 44.5 Å². The molecule has 0 fully saturated rings. The van der Waals surface area contributed by atoms with Crippen LogP contribution in [0.2, 0.25) is 0 Å². The van der Waals surface area contributed by atoms with Crippen LogP contribution in [0.5, 0.6) is 5.88 Å². The predicted octanol–water partition coefficient (Wildman–Crippen LogP) is 4.52. The molecule has 1 unspecified atom stereocenters. The Morgan fingerprint density at radius 1 is 1.00 bits per heavy atom. The molecule has 0 amide bonds. The fourth-order valence-corrected chi connectivity index (χ4v) is 3.26. The molecule has 0 spiro atoms. The molecule has 0 saturated heterocycles. The average molecular weight is 400 g/mol. The number of anilines is 1. The smallest absolute Gasteiger partial charge is 0.238 e. The van der Waals surface area contributed by atoms with Gasteiger partial charge in [0.15, 0.2) is 5.82 Å². The maximum Gasteiger partial charge on any atom is 0.238 e. The Labute approximate surface area is 175 Å². The number of benzene rings is 1. The molecule has 0 saturated carbocycles. The first-order valence-corrected chi connectivity index (χ1v) is 9.77. The quantitative estimate of drug-likeness (QED) is 0.513. The van der Waals surface area contributed by atoms with Crippen LogP contribution in [-0.2, 0) is 0 Å². The van der Waals surface area contributed by atoms with Gasteiger partial charge in [-0.15, -0.1) is 10.2 Å². The second kappa shape index (κ2) is 8.32. The van der Waals surface area contributed by atoms with E-state index in [1.807, 2.05) is 61.0 Å². The number of nitrogens with zero attached hydrogens (tertiary/aromatic N) is 5. The van der Waals surface area contributed by atoms with Gasteiger partial charge >= 0.3 is 0 Å². The van der Waals surface area contributed by atoms with Crippen LogP contribution in [0.3, 0.4) is 0 Å². The van der Waals surface area contributed by atoms with E-state index >= 15 is 0 Å². The Bertz CT molecular complexity index is 1160. The lowest BCUT2D eigenvalue weighted by Gasteiger charge is -2.16. The molecule has 0 bridgehead atoms. The molecular weight excluding hydrogens is 376 g/mol. The minimum absolute atomic E-state index is 0.126. The Morgan fingerprint density at radius 3 is 2.47 bits per heavy atom. The second-order valence-electron chi connectivity index (χ2n) is 7.19. The molecule has 0 aliphatic rings. The van der Waals surface area contributed by atoms with E-state index in [0.29, 0.717) is 17.3 Å². The number of aryl methyl sites for hydroxylation is 2. The number of nitrogens with one attached hydrogen (secondary N) is 1. The zero-order valence-corrected chi connectivity index (χ0v) is 17.5. The Hall–Kier alpha value is -3.74. The number of hydrogen-bond donors (Lipinski definition) is 1. The lowest BCUT2D eigenvalue weighted by atomic mass is 10.1. The molecule has 30 heavy (non-hydrogen) atoms. The van der Waals surface area contributed by atoms with Gasteiger partial charge in [-0.05, 0) is 50.1 Å². The normalized spacial score (nSPS) is 11.9. The average Bonchev–Trinajstić information content (AvgIpc) is 3.21. The molecule has 0 aliphatic carbocycles. The van der Waals surface area contributed by atoms with E-state index in [4.69, 9.17) is 4.74 Å². The second-order valence-corrected chi connectivity index (χ2v) is 7.19. The summed E-state index contributed by atoms with van der Waals surface area (Å²) in [6, 6.07) is 16.2. The van der Waals surface area contributed by atoms with Gasteiger partial charge in [0, 0.05) is 6.20 Å². The van der Waals surface area contributed by atoms with Crippen molar-refractivity contribution in [3.8, 4) is 23.0 Å². The number of hydrogen-bond acceptors (Lipinski definition) is 6. The van der Waals surface area contributed by atoms with Crippen LogP contribution in [-0.4, -0.2) is 31.8 Å². The summed E-state index contributed by atoms with van der Waals surface area (Å²) in [5.74, 6) is 1.26. The number of pyridine rings is 1. The minimum atomic E-state index is 0.126. The molecule has 0 radical (unpaired) electrons. The fraction of sp³-hybridized carbons (Fsp3) is 0.217. The van der Waals surface area contributed by atoms with Crippen molar-refractivity contribution in [1.29, 1.82) is 0 Å². The first kappa shape index (κ1) is 19.6. The minimum Gasteiger partial charge on any atom is -0.479 e. The van der Waals surface area contributed by atoms with E-state index in [9.17, 15) is 0 Å². The SMILES string of the molecule is COc1nc(-c2cc(C)c(NC(C)c3ccccc3)nn2)ccc1-n1cnc(C)c1. The van der Waals surface area contributed by atoms with Gasteiger partial charge in [0.25, 0.3) is 0 Å². The summed E-state index contributed by atoms with van der Waals surface area (Å²) in [5, 5.41) is 12.2. The van der Waals surface area contributed by atoms with Crippen molar-refractivity contribution in [3.05, 3.63) is 77.9 Å². The van der Waals surface area contributed by atoms with E-state index in [1.165, 1.54) is 5.56 Å². The Kier molecular flexibility index (Phi) is 5.43. The van der Waals surface area contributed by atoms with Crippen molar-refractivity contribution in [1.82, 2.24) is 24.7 Å². The molecule has 4 rings (SSSR count). The number of imidazole rings is 1. The number of methoxy groups -OCH3 is 1. The largest absolute Gasteiger partial charge is 0.479 e. The summed E-state index contributed by atoms with van der Waals surface area (Å²) in [4.78, 5) is 8.90. The molecule has 152 valence electrons. The van der Waals surface area contributed by atoms with Gasteiger partial charge in [-0.1, -0.05) is 30.3 Å². The highest BCUT2D eigenvalue weighted by molar-refractivity contribution is 5.61. The van der Waals surface area contributed by atoms with E-state index < -0.39 is 0 Å². The van der Waals surface area contributed by atoms with Gasteiger partial charge in [0.2, 0.25) is 5.88 Å². The summed E-state index contributed by atoms with van der Waals surface area (Å²) in [6.07, 6.45) is 3.67. The summed E-state index contributed by atoms with van der Waals surface area (Å²) >= 11 is 0. The highest BCUT2D eigenvalue weighted by atomic mass is 16.5. The molecular formula is C23H24N6O. The van der Waals surface area contributed by atoms with Gasteiger partial charge in [-0.25, -0.2) is 9.97 Å². The lowest BCUT2D eigenvalue weighted by Crippen LogP contribution is -2.10. The van der Waals surface area contributed by atoms with Crippen LogP contribution in [0.4, 0.5) is 5.82 Å². The third-order valence-electron chi connectivity index (χ3n) is 4.92. The van der Waals surface area contributed by atoms with Gasteiger partial charge in [-0.2, -0.15) is 0 Å². The van der Waals surface area contributed by atoms with Crippen LogP contribution in [0, 0.1) is 13.8 Å². The molecule has 3 heterocycles. The van der Waals surface area contributed by atoms with Gasteiger partial charge in [0.1, 0.15) is 11.4 Å². The van der Waals surface area contributed by atoms with Crippen molar-refractivity contribution in [2.24, 2.45) is 0 Å². The van der Waals surface area contributed by atoms with Crippen molar-refractivity contribution in [2.75, 3.05) is 12.4 Å². The third-order valence-corrected chi connectivity index (χ3v) is 4.92. The molecule has 1 atom stereocenters. The molecule has 1 aromatic carbocycles. The maximum absolute atomic E-state index is 5.51. The molecule has 0 aliphatic heterocycles. The van der Waals surface area contributed by atoms with E-state index in [1.54, 1.807) is 13.4 Å². The molecule has 4 aromatic rings. The first-order chi connectivity index (χ1) is 14.5. The van der Waals surface area contributed by atoms with Crippen molar-refractivity contribution in [2.45, 2.75) is 26.8 Å². The van der Waals surface area contributed by atoms with Crippen LogP contribution >= 0.6 is 0 Å². The highest BCUT2D eigenvalue weighted by Crippen LogP contribution is 2.27. The summed E-state index contributed by atoms with van der Waals surface area (Å²) < 4.78 is 7.40. The number of ether oxygens (including phenoxy) is 1. The highest BCUT2D eigenvalue weighted by Gasteiger charge is 2.14. The monoisotopic (exact) mass is 400 g/mol. The standard InChI is InChI=1S/C23H24N6O/c1-15-12-20(27-28-22(15)25-17(3)18-8-6-5-7-9-18)19-10-11-21(23(26-19)30-4)29-13-16(2)24-14-29/h5-14,17H,1-4H3,(H,25,28). The van der Waals surface area contributed by atoms with Crippen molar-refractivity contribution in [3.63, 3.8) is 0 Å². The summed E-state index contributed by atoms with van der Waals surface area (Å²) in [5.41, 5.74) is 5.33. The van der Waals surface area contributed by atoms with Crippen LogP contribution in [0.15, 0.2) is 61.1 Å². The van der Waals surface area contributed by atoms with Crippen LogP contribution in [0.1, 0.15) is 29.8 Å². The predicted molar refractivity (Wildman–Crippen MR) is 117 cm³/mol. The summed E-state index contributed by atoms with van der Waals surface area (Å²) in [7, 11) is 1.61. The number of aromatic nitrogens is 5. The summed E-state index contributed by atoms with van der Waals surface area (Å²) in [6.45, 7) is 6.06. The zero-order valence-electron chi connectivity index (χ0n) is 17.5. The topological polar surface area (TPSA) is 77.8 Å². The van der Waals surface area contributed by atoms with Crippen molar-refractivity contribution < 1.29 is 4.74 Å². The Balaban J connectivity index is 1.59. The Morgan fingerprint density at radius 2 is 1.80 bits per heavy atom. The fourth-order valence-electron chi connectivity index (χ4n) is 3.26. The van der Waals surface area contributed by atoms with Crippen molar-refractivity contribution >= 4 is 5.82 Å². The molecule has 1 N–H and O–H groups in total. The molecule has 3 aromatic heterocycles. The number of rotatable bonds is 6. The molecule has 7 nitrogen and oxygen atoms in total. The van der Waals surface area contributed by atoms with Crippen LogP contribution < -0.4 is 10.1 Å². The first-order valence-electron chi connectivity index (χ1n) is 9.77.